The second-order valence-corrected chi connectivity index (χ2v) is 12.2. The number of anilines is 1. The van der Waals surface area contributed by atoms with Crippen LogP contribution >= 0.6 is 15.9 Å². The highest BCUT2D eigenvalue weighted by molar-refractivity contribution is 9.10. The van der Waals surface area contributed by atoms with E-state index in [0.717, 1.165) is 16.5 Å². The zero-order chi connectivity index (χ0) is 29.4. The van der Waals surface area contributed by atoms with E-state index in [0.29, 0.717) is 31.5 Å². The zero-order valence-corrected chi connectivity index (χ0v) is 25.1. The standard InChI is InChI=1S/C34H33BrN2O5/c1-2-20-18-21(35)15-16-26(20)36-27(38)19-42-28(39)14-4-3-9-17-37-33(40)31-29-22-10-5-6-11-23(22)30(32(31)34(37)41)25-13-8-7-12-24(25)29/h5-8,10-13,15-16,18,29-32H,2-4,9,14,17,19H2,1H3,(H,36,38)/t29?,30?,31-,32-/m0/s1. The molecule has 1 N–H and O–H groups in total. The average molecular weight is 630 g/mol. The fourth-order valence-electron chi connectivity index (χ4n) is 7.06. The molecule has 0 radical (unpaired) electrons. The number of nitrogens with zero attached hydrogens (tertiary/aromatic N) is 1. The van der Waals surface area contributed by atoms with Crippen molar-refractivity contribution in [2.24, 2.45) is 11.8 Å². The van der Waals surface area contributed by atoms with Gasteiger partial charge in [-0.05, 0) is 65.3 Å². The molecular formula is C34H33BrN2O5. The molecule has 2 atom stereocenters. The minimum absolute atomic E-state index is 0.0774. The summed E-state index contributed by atoms with van der Waals surface area (Å²) in [6.07, 6.45) is 2.77. The molecule has 0 unspecified atom stereocenters. The lowest BCUT2D eigenvalue weighted by molar-refractivity contribution is -0.147. The van der Waals surface area contributed by atoms with Gasteiger partial charge in [-0.3, -0.25) is 24.1 Å². The van der Waals surface area contributed by atoms with Gasteiger partial charge in [-0.15, -0.1) is 0 Å². The van der Waals surface area contributed by atoms with Crippen LogP contribution in [-0.2, 0) is 30.3 Å². The van der Waals surface area contributed by atoms with E-state index >= 15 is 0 Å². The molecule has 1 heterocycles. The smallest absolute Gasteiger partial charge is 0.306 e. The monoisotopic (exact) mass is 628 g/mol. The molecule has 1 fully saturated rings. The average Bonchev–Trinajstić information content (AvgIpc) is 3.26. The summed E-state index contributed by atoms with van der Waals surface area (Å²) in [5, 5.41) is 2.80. The van der Waals surface area contributed by atoms with Crippen molar-refractivity contribution >= 4 is 45.3 Å². The molecule has 3 aromatic rings. The number of rotatable bonds is 10. The molecule has 4 aliphatic rings. The van der Waals surface area contributed by atoms with Crippen LogP contribution in [0.15, 0.2) is 71.2 Å². The first kappa shape index (κ1) is 28.3. The van der Waals surface area contributed by atoms with Crippen LogP contribution < -0.4 is 5.32 Å². The largest absolute Gasteiger partial charge is 0.456 e. The molecule has 0 saturated carbocycles. The molecule has 42 heavy (non-hydrogen) atoms. The molecule has 2 bridgehead atoms. The number of nitrogens with one attached hydrogen (secondary N) is 1. The van der Waals surface area contributed by atoms with Gasteiger partial charge < -0.3 is 10.1 Å². The second kappa shape index (κ2) is 11.8. The molecule has 3 aromatic carbocycles. The zero-order valence-electron chi connectivity index (χ0n) is 23.5. The summed E-state index contributed by atoms with van der Waals surface area (Å²) < 4.78 is 6.10. The Hall–Kier alpha value is -3.78. The highest BCUT2D eigenvalue weighted by atomic mass is 79.9. The number of halogens is 1. The molecule has 3 amide bonds. The minimum atomic E-state index is -0.442. The van der Waals surface area contributed by atoms with E-state index in [-0.39, 0.29) is 54.4 Å². The van der Waals surface area contributed by atoms with Crippen LogP contribution in [0.1, 0.15) is 72.3 Å². The van der Waals surface area contributed by atoms with Gasteiger partial charge >= 0.3 is 5.97 Å². The van der Waals surface area contributed by atoms with Crippen LogP contribution in [0.5, 0.6) is 0 Å². The number of hydrogen-bond acceptors (Lipinski definition) is 5. The summed E-state index contributed by atoms with van der Waals surface area (Å²) in [5.74, 6) is -1.90. The number of unbranched alkanes of at least 4 members (excludes halogenated alkanes) is 2. The van der Waals surface area contributed by atoms with E-state index < -0.39 is 5.97 Å². The van der Waals surface area contributed by atoms with Crippen LogP contribution in [-0.4, -0.2) is 41.7 Å². The van der Waals surface area contributed by atoms with E-state index in [1.807, 2.05) is 49.4 Å². The fraction of sp³-hybridized carbons (Fsp3) is 0.353. The Balaban J connectivity index is 0.990. The summed E-state index contributed by atoms with van der Waals surface area (Å²) in [5.41, 5.74) is 6.36. The Labute approximate surface area is 253 Å². The van der Waals surface area contributed by atoms with Gasteiger partial charge in [-0.25, -0.2) is 0 Å². The quantitative estimate of drug-likeness (QED) is 0.170. The van der Waals surface area contributed by atoms with E-state index in [9.17, 15) is 19.2 Å². The third-order valence-corrected chi connectivity index (χ3v) is 9.38. The first-order chi connectivity index (χ1) is 20.4. The van der Waals surface area contributed by atoms with Gasteiger partial charge in [-0.1, -0.05) is 77.8 Å². The van der Waals surface area contributed by atoms with Crippen molar-refractivity contribution in [3.05, 3.63) is 99.0 Å². The van der Waals surface area contributed by atoms with Crippen molar-refractivity contribution < 1.29 is 23.9 Å². The summed E-state index contributed by atoms with van der Waals surface area (Å²) in [7, 11) is 0. The Morgan fingerprint density at radius 1 is 0.833 bits per heavy atom. The van der Waals surface area contributed by atoms with Crippen LogP contribution in [0.4, 0.5) is 5.69 Å². The maximum absolute atomic E-state index is 13.7. The van der Waals surface area contributed by atoms with Gasteiger partial charge in [0.15, 0.2) is 6.61 Å². The Morgan fingerprint density at radius 3 is 1.95 bits per heavy atom. The number of ether oxygens (including phenoxy) is 1. The number of carbonyl (C=O) groups excluding carboxylic acids is 4. The molecule has 1 saturated heterocycles. The maximum Gasteiger partial charge on any atom is 0.306 e. The normalized spacial score (nSPS) is 21.5. The predicted octanol–water partition coefficient (Wildman–Crippen LogP) is 5.95. The van der Waals surface area contributed by atoms with Crippen molar-refractivity contribution in [1.29, 1.82) is 0 Å². The number of carbonyl (C=O) groups is 4. The fourth-order valence-corrected chi connectivity index (χ4v) is 7.47. The lowest BCUT2D eigenvalue weighted by Gasteiger charge is -2.45. The molecule has 8 heteroatoms. The van der Waals surface area contributed by atoms with Crippen molar-refractivity contribution in [2.75, 3.05) is 18.5 Å². The molecule has 0 aromatic heterocycles. The minimum Gasteiger partial charge on any atom is -0.456 e. The number of aryl methyl sites for hydroxylation is 1. The number of benzene rings is 3. The maximum atomic E-state index is 13.7. The highest BCUT2D eigenvalue weighted by Gasteiger charge is 2.61. The van der Waals surface area contributed by atoms with Crippen molar-refractivity contribution in [2.45, 2.75) is 50.9 Å². The molecule has 216 valence electrons. The topological polar surface area (TPSA) is 92.8 Å². The third kappa shape index (κ3) is 5.06. The van der Waals surface area contributed by atoms with E-state index in [1.54, 1.807) is 0 Å². The lowest BCUT2D eigenvalue weighted by Crippen LogP contribution is -2.41. The van der Waals surface area contributed by atoms with Gasteiger partial charge in [0.2, 0.25) is 11.8 Å². The Morgan fingerprint density at radius 2 is 1.40 bits per heavy atom. The Kier molecular flexibility index (Phi) is 7.99. The lowest BCUT2D eigenvalue weighted by atomic mass is 9.55. The van der Waals surface area contributed by atoms with E-state index in [2.05, 4.69) is 45.5 Å². The van der Waals surface area contributed by atoms with Crippen LogP contribution in [0.2, 0.25) is 0 Å². The van der Waals surface area contributed by atoms with E-state index in [1.165, 1.54) is 27.2 Å². The summed E-state index contributed by atoms with van der Waals surface area (Å²) in [6, 6.07) is 22.1. The van der Waals surface area contributed by atoms with Gasteiger partial charge in [0.05, 0.1) is 11.8 Å². The van der Waals surface area contributed by atoms with Gasteiger partial charge in [0.1, 0.15) is 0 Å². The molecule has 3 aliphatic carbocycles. The molecule has 1 aliphatic heterocycles. The van der Waals surface area contributed by atoms with Crippen molar-refractivity contribution in [3.8, 4) is 0 Å². The van der Waals surface area contributed by atoms with Crippen LogP contribution in [0.25, 0.3) is 0 Å². The number of imide groups is 1. The van der Waals surface area contributed by atoms with Gasteiger partial charge in [-0.2, -0.15) is 0 Å². The number of esters is 1. The number of amides is 3. The summed E-state index contributed by atoms with van der Waals surface area (Å²) >= 11 is 3.43. The Bertz CT molecular complexity index is 1450. The SMILES string of the molecule is CCc1cc(Br)ccc1NC(=O)COC(=O)CCCCCN1C(=O)[C@H]2C3c4ccccc4C(c4ccccc43)[C@@H]2C1=O. The second-order valence-electron chi connectivity index (χ2n) is 11.3. The third-order valence-electron chi connectivity index (χ3n) is 8.89. The summed E-state index contributed by atoms with van der Waals surface area (Å²) in [4.78, 5) is 53.3. The number of likely N-dealkylation sites (tertiary alicyclic amines) is 1. The highest BCUT2D eigenvalue weighted by Crippen LogP contribution is 2.60. The molecular weight excluding hydrogens is 596 g/mol. The van der Waals surface area contributed by atoms with Crippen LogP contribution in [0.3, 0.4) is 0 Å². The van der Waals surface area contributed by atoms with E-state index in [4.69, 9.17) is 4.74 Å². The van der Waals surface area contributed by atoms with Gasteiger partial charge in [0, 0.05) is 35.0 Å². The van der Waals surface area contributed by atoms with Crippen molar-refractivity contribution in [3.63, 3.8) is 0 Å². The first-order valence-electron chi connectivity index (χ1n) is 14.7. The predicted molar refractivity (Wildman–Crippen MR) is 162 cm³/mol. The molecule has 0 spiro atoms. The molecule has 7 nitrogen and oxygen atoms in total. The van der Waals surface area contributed by atoms with Gasteiger partial charge in [0.25, 0.3) is 5.91 Å². The summed E-state index contributed by atoms with van der Waals surface area (Å²) in [6.45, 7) is 2.01. The number of hydrogen-bond donors (Lipinski definition) is 1. The molecule has 7 rings (SSSR count). The van der Waals surface area contributed by atoms with Crippen LogP contribution in [0, 0.1) is 11.8 Å². The first-order valence-corrected chi connectivity index (χ1v) is 15.4. The van der Waals surface area contributed by atoms with Crippen molar-refractivity contribution in [1.82, 2.24) is 4.90 Å².